The van der Waals surface area contributed by atoms with E-state index in [0.717, 1.165) is 78.0 Å². The Morgan fingerprint density at radius 3 is 1.62 bits per heavy atom. The molecule has 76 heavy (non-hydrogen) atoms. The van der Waals surface area contributed by atoms with E-state index in [-0.39, 0.29) is 48.6 Å². The summed E-state index contributed by atoms with van der Waals surface area (Å²) in [6.45, 7) is 23.7. The van der Waals surface area contributed by atoms with Crippen molar-refractivity contribution in [2.24, 2.45) is 0 Å². The van der Waals surface area contributed by atoms with E-state index in [1.54, 1.807) is 0 Å². The van der Waals surface area contributed by atoms with Crippen molar-refractivity contribution in [3.63, 3.8) is 0 Å². The van der Waals surface area contributed by atoms with Crippen LogP contribution in [0.5, 0.6) is 5.75 Å². The zero-order valence-corrected chi connectivity index (χ0v) is 48.2. The minimum atomic E-state index is -2.50. The van der Waals surface area contributed by atoms with Gasteiger partial charge in [-0.2, -0.15) is 0 Å². The Bertz CT molecular complexity index is 3850. The van der Waals surface area contributed by atoms with E-state index < -0.39 is 12.3 Å². The van der Waals surface area contributed by atoms with Gasteiger partial charge >= 0.3 is 0 Å². The van der Waals surface area contributed by atoms with Crippen molar-refractivity contribution in [3.05, 3.63) is 216 Å². The first-order chi connectivity index (χ1) is 36.7. The van der Waals surface area contributed by atoms with E-state index in [4.69, 9.17) is 14.1 Å². The maximum Gasteiger partial charge on any atom is 0.148 e. The van der Waals surface area contributed by atoms with Crippen LogP contribution in [-0.2, 0) is 42.7 Å². The molecule has 1 N–H and O–H groups in total. The van der Waals surface area contributed by atoms with Gasteiger partial charge in [-0.25, -0.2) is 4.98 Å². The number of aromatic hydroxyl groups is 1. The molecule has 0 bridgehead atoms. The smallest absolute Gasteiger partial charge is 0.148 e. The van der Waals surface area contributed by atoms with E-state index in [1.807, 2.05) is 60.8 Å². The van der Waals surface area contributed by atoms with Crippen LogP contribution < -0.4 is 0 Å². The number of phenolic OH excluding ortho intramolecular Hbond substituents is 1. The quantitative estimate of drug-likeness (QED) is 0.154. The van der Waals surface area contributed by atoms with Gasteiger partial charge in [-0.3, -0.25) is 9.55 Å². The fourth-order valence-corrected chi connectivity index (χ4v) is 10.1. The molecule has 0 fully saturated rings. The Balaban J connectivity index is 0.00000757. The predicted octanol–water partition coefficient (Wildman–Crippen LogP) is 19.1. The molecular weight excluding hydrogens is 1110 g/mol. The van der Waals surface area contributed by atoms with Crippen LogP contribution in [0, 0.1) is 12.9 Å². The van der Waals surface area contributed by atoms with Crippen molar-refractivity contribution in [1.82, 2.24) is 14.5 Å². The third-order valence-corrected chi connectivity index (χ3v) is 14.6. The molecule has 5 heteroatoms. The molecule has 2 heterocycles. The maximum atomic E-state index is 12.8. The van der Waals surface area contributed by atoms with Gasteiger partial charge in [-0.05, 0) is 114 Å². The van der Waals surface area contributed by atoms with Gasteiger partial charge in [0.15, 0.2) is 0 Å². The summed E-state index contributed by atoms with van der Waals surface area (Å²) >= 11 is 0. The van der Waals surface area contributed by atoms with Crippen molar-refractivity contribution < 1.29 is 30.3 Å². The van der Waals surface area contributed by atoms with Gasteiger partial charge in [0.25, 0.3) is 0 Å². The standard InChI is InChI=1S/C71H70N3O.Pt/c1-45-37-64(59(44-58(45)49-23-18-15-19-24-49)50-31-33-54(34-32-50)68(2,3)4)74-63-26-20-25-57(65(63)73-67(74)60-42-56(70(8,9)10)43-61(66(60)75)71(11,12)13)52-38-53(40-55(39-52)69(5,6)7)62-41-51(35-36-72-62)48-29-27-47(28-30-48)46-21-16-14-17-22-46;/h14-37,39-44,75H,1-13H3;/q-1;/i1D3;. The number of hydrogen-bond acceptors (Lipinski definition) is 3. The van der Waals surface area contributed by atoms with Gasteiger partial charge in [0.2, 0.25) is 0 Å². The monoisotopic (exact) mass is 1180 g/mol. The van der Waals surface area contributed by atoms with E-state index in [9.17, 15) is 5.11 Å². The average molecular weight is 1180 g/mol. The number of hydrogen-bond donors (Lipinski definition) is 1. The average Bonchev–Trinajstić information content (AvgIpc) is 4.00. The summed E-state index contributed by atoms with van der Waals surface area (Å²) in [6, 6.07) is 64.2. The fourth-order valence-electron chi connectivity index (χ4n) is 10.1. The number of aromatic nitrogens is 3. The molecular formula is C71H70N3OPt-. The normalized spacial score (nSPS) is 13.0. The number of para-hydroxylation sites is 1. The number of pyridine rings is 1. The molecule has 0 unspecified atom stereocenters. The van der Waals surface area contributed by atoms with Gasteiger partial charge in [0.1, 0.15) is 11.6 Å². The van der Waals surface area contributed by atoms with Gasteiger partial charge < -0.3 is 5.11 Å². The number of aryl methyl sites for hydroxylation is 1. The molecule has 8 aromatic carbocycles. The van der Waals surface area contributed by atoms with Crippen LogP contribution in [0.25, 0.3) is 95.0 Å². The zero-order valence-electron chi connectivity index (χ0n) is 48.9. The summed E-state index contributed by atoms with van der Waals surface area (Å²) in [7, 11) is 0. The molecule has 4 nitrogen and oxygen atoms in total. The van der Waals surface area contributed by atoms with Crippen LogP contribution in [0.4, 0.5) is 0 Å². The second-order valence-electron chi connectivity index (χ2n) is 24.3. The van der Waals surface area contributed by atoms with E-state index in [0.29, 0.717) is 28.2 Å². The molecule has 0 spiro atoms. The Morgan fingerprint density at radius 1 is 0.461 bits per heavy atom. The summed E-state index contributed by atoms with van der Waals surface area (Å²) in [5, 5.41) is 12.8. The summed E-state index contributed by atoms with van der Waals surface area (Å²) in [5.41, 5.74) is 16.8. The Labute approximate surface area is 470 Å². The second kappa shape index (κ2) is 20.4. The first-order valence-electron chi connectivity index (χ1n) is 27.7. The molecule has 0 atom stereocenters. The first kappa shape index (κ1) is 49.7. The van der Waals surface area contributed by atoms with E-state index >= 15 is 0 Å². The SMILES string of the molecule is [2H]C([2H])([2H])c1cc(-n2c(-c3cc(C(C)(C)C)cc(C(C)(C)C)c3O)nc3c(-c4[c-]c(-c5cc(-c6ccc(-c7ccccc7)cc6)ccn5)cc(C(C)(C)C)c4)cccc32)c(-c2ccc(C(C)(C)C)cc2)cc1-c1ccccc1.[Pt]. The molecule has 10 aromatic rings. The number of rotatable bonds is 8. The van der Waals surface area contributed by atoms with Crippen LogP contribution in [0.3, 0.4) is 0 Å². The van der Waals surface area contributed by atoms with Gasteiger partial charge in [-0.15, -0.1) is 29.3 Å². The largest absolute Gasteiger partial charge is 0.507 e. The van der Waals surface area contributed by atoms with Crippen LogP contribution >= 0.6 is 0 Å². The molecule has 0 aliphatic heterocycles. The molecule has 0 aliphatic carbocycles. The third kappa shape index (κ3) is 10.7. The number of benzene rings is 8. The summed E-state index contributed by atoms with van der Waals surface area (Å²) < 4.78 is 29.5. The zero-order chi connectivity index (χ0) is 55.7. The Morgan fingerprint density at radius 2 is 1.01 bits per heavy atom. The van der Waals surface area contributed by atoms with Gasteiger partial charge in [-0.1, -0.05) is 228 Å². The van der Waals surface area contributed by atoms with Crippen molar-refractivity contribution >= 4 is 11.0 Å². The number of imidazole rings is 1. The first-order valence-corrected chi connectivity index (χ1v) is 26.2. The van der Waals surface area contributed by atoms with Crippen LogP contribution in [0.15, 0.2) is 182 Å². The predicted molar refractivity (Wildman–Crippen MR) is 317 cm³/mol. The van der Waals surface area contributed by atoms with E-state index in [2.05, 4.69) is 215 Å². The Hall–Kier alpha value is -7.13. The topological polar surface area (TPSA) is 50.9 Å². The van der Waals surface area contributed by atoms with Crippen molar-refractivity contribution in [2.75, 3.05) is 0 Å². The summed E-state index contributed by atoms with van der Waals surface area (Å²) in [5.74, 6) is 0.619. The minimum Gasteiger partial charge on any atom is -0.507 e. The molecule has 0 aliphatic rings. The molecule has 0 saturated carbocycles. The number of nitrogens with zero attached hydrogens (tertiary/aromatic N) is 3. The summed E-state index contributed by atoms with van der Waals surface area (Å²) in [6.07, 6.45) is 1.87. The molecule has 0 radical (unpaired) electrons. The second-order valence-corrected chi connectivity index (χ2v) is 24.3. The molecule has 10 rings (SSSR count). The van der Waals surface area contributed by atoms with Crippen LogP contribution in [-0.4, -0.2) is 19.6 Å². The molecule has 0 saturated heterocycles. The van der Waals surface area contributed by atoms with Crippen LogP contribution in [0.2, 0.25) is 0 Å². The maximum absolute atomic E-state index is 12.8. The van der Waals surface area contributed by atoms with Crippen molar-refractivity contribution in [3.8, 4) is 89.7 Å². The molecule has 386 valence electrons. The third-order valence-electron chi connectivity index (χ3n) is 14.6. The van der Waals surface area contributed by atoms with Crippen molar-refractivity contribution in [1.29, 1.82) is 0 Å². The molecule has 0 amide bonds. The Kier molecular flexibility index (Phi) is 13.4. The number of phenols is 1. The van der Waals surface area contributed by atoms with Crippen LogP contribution in [0.1, 0.15) is 115 Å². The fraction of sp³-hybridized carbons (Fsp3) is 0.239. The van der Waals surface area contributed by atoms with Crippen molar-refractivity contribution in [2.45, 2.75) is 112 Å². The summed E-state index contributed by atoms with van der Waals surface area (Å²) in [4.78, 5) is 10.7. The number of fused-ring (bicyclic) bond motifs is 1. The van der Waals surface area contributed by atoms with Gasteiger partial charge in [0, 0.05) is 48.2 Å². The minimum absolute atomic E-state index is 0. The molecule has 2 aromatic heterocycles. The van der Waals surface area contributed by atoms with Gasteiger partial charge in [0.05, 0.1) is 22.3 Å². The van der Waals surface area contributed by atoms with E-state index in [1.165, 1.54) is 11.1 Å².